The lowest BCUT2D eigenvalue weighted by Gasteiger charge is -2.30. The summed E-state index contributed by atoms with van der Waals surface area (Å²) in [7, 11) is 0. The second kappa shape index (κ2) is 7.49. The molecule has 0 bridgehead atoms. The molecule has 1 unspecified atom stereocenters. The van der Waals surface area contributed by atoms with Gasteiger partial charge in [-0.3, -0.25) is 4.79 Å². The van der Waals surface area contributed by atoms with Gasteiger partial charge in [0.25, 0.3) is 0 Å². The molecule has 1 aliphatic rings. The maximum absolute atomic E-state index is 12.5. The molecule has 4 N–H and O–H groups in total. The number of carbonyl (C=O) groups excluding carboxylic acids is 1. The first-order valence-electron chi connectivity index (χ1n) is 7.49. The van der Waals surface area contributed by atoms with Crippen molar-refractivity contribution in [2.24, 2.45) is 5.92 Å². The Bertz CT molecular complexity index is 626. The summed E-state index contributed by atoms with van der Waals surface area (Å²) in [5.41, 5.74) is 0.486. The summed E-state index contributed by atoms with van der Waals surface area (Å²) in [6.45, 7) is 0. The summed E-state index contributed by atoms with van der Waals surface area (Å²) in [4.78, 5) is 23.3. The van der Waals surface area contributed by atoms with E-state index in [2.05, 4.69) is 10.6 Å². The van der Waals surface area contributed by atoms with Crippen molar-refractivity contribution in [2.45, 2.75) is 37.8 Å². The molecular weight excluding hydrogens is 298 g/mol. The zero-order valence-corrected chi connectivity index (χ0v) is 12.5. The van der Waals surface area contributed by atoms with Crippen LogP contribution in [0.5, 0.6) is 5.75 Å². The molecule has 1 saturated carbocycles. The number of carboxylic acid groups (broad SMARTS) is 1. The lowest BCUT2D eigenvalue weighted by Crippen LogP contribution is -2.48. The number of hydrogen-bond acceptors (Lipinski definition) is 4. The molecule has 1 aromatic rings. The fourth-order valence-corrected chi connectivity index (χ4v) is 2.92. The van der Waals surface area contributed by atoms with E-state index >= 15 is 0 Å². The fraction of sp³-hybridized carbons (Fsp3) is 0.438. The molecule has 0 heterocycles. The zero-order valence-electron chi connectivity index (χ0n) is 12.5. The van der Waals surface area contributed by atoms with Crippen molar-refractivity contribution in [3.8, 4) is 11.8 Å². The number of nitrogens with zero attached hydrogens (tertiary/aromatic N) is 1. The predicted octanol–water partition coefficient (Wildman–Crippen LogP) is 1.90. The number of nitriles is 1. The fourth-order valence-electron chi connectivity index (χ4n) is 2.92. The molecular formula is C16H19N3O4. The maximum Gasteiger partial charge on any atom is 0.404 e. The number of aromatic hydroxyl groups is 1. The second-order valence-electron chi connectivity index (χ2n) is 5.61. The highest BCUT2D eigenvalue weighted by molar-refractivity contribution is 5.81. The van der Waals surface area contributed by atoms with Crippen LogP contribution in [0.4, 0.5) is 4.79 Å². The summed E-state index contributed by atoms with van der Waals surface area (Å²) < 4.78 is 0. The van der Waals surface area contributed by atoms with Gasteiger partial charge in [0.05, 0.1) is 12.0 Å². The molecule has 0 radical (unpaired) electrons. The third-order valence-corrected chi connectivity index (χ3v) is 4.03. The van der Waals surface area contributed by atoms with Crippen molar-refractivity contribution in [2.75, 3.05) is 0 Å². The third-order valence-electron chi connectivity index (χ3n) is 4.03. The normalized spacial score (nSPS) is 21.7. The number of nitrogens with one attached hydrogen (secondary N) is 2. The van der Waals surface area contributed by atoms with Crippen molar-refractivity contribution in [3.05, 3.63) is 29.8 Å². The molecule has 0 spiro atoms. The standard InChI is InChI=1S/C16H19N3O4/c17-9-14(10-4-3-5-11(20)8-10)18-15(21)12-6-1-2-7-13(12)19-16(22)23/h3-5,8,12-14,19-20H,1-2,6-7H2,(H,18,21)(H,22,23)/t12-,13+,14?/m0/s1. The van der Waals surface area contributed by atoms with Crippen LogP contribution in [0.15, 0.2) is 24.3 Å². The van der Waals surface area contributed by atoms with E-state index < -0.39 is 24.1 Å². The first-order valence-corrected chi connectivity index (χ1v) is 7.49. The zero-order chi connectivity index (χ0) is 16.8. The molecule has 7 heteroatoms. The van der Waals surface area contributed by atoms with Crippen LogP contribution in [0, 0.1) is 17.2 Å². The molecule has 122 valence electrons. The maximum atomic E-state index is 12.5. The molecule has 23 heavy (non-hydrogen) atoms. The van der Waals surface area contributed by atoms with Crippen molar-refractivity contribution >= 4 is 12.0 Å². The highest BCUT2D eigenvalue weighted by atomic mass is 16.4. The minimum atomic E-state index is -1.15. The Kier molecular flexibility index (Phi) is 5.41. The molecule has 7 nitrogen and oxygen atoms in total. The topological polar surface area (TPSA) is 122 Å². The molecule has 3 atom stereocenters. The van der Waals surface area contributed by atoms with Gasteiger partial charge in [-0.2, -0.15) is 5.26 Å². The van der Waals surface area contributed by atoms with Crippen molar-refractivity contribution in [3.63, 3.8) is 0 Å². The summed E-state index contributed by atoms with van der Waals surface area (Å²) in [5.74, 6) is -0.827. The number of hydrogen-bond donors (Lipinski definition) is 4. The Morgan fingerprint density at radius 3 is 2.70 bits per heavy atom. The van der Waals surface area contributed by atoms with E-state index in [9.17, 15) is 20.0 Å². The first-order chi connectivity index (χ1) is 11.0. The van der Waals surface area contributed by atoms with Crippen LogP contribution in [0.25, 0.3) is 0 Å². The average Bonchev–Trinajstić information content (AvgIpc) is 2.52. The van der Waals surface area contributed by atoms with Gasteiger partial charge >= 0.3 is 6.09 Å². The molecule has 1 aromatic carbocycles. The Morgan fingerprint density at radius 2 is 2.04 bits per heavy atom. The highest BCUT2D eigenvalue weighted by Gasteiger charge is 2.33. The Labute approximate surface area is 133 Å². The number of phenolic OH excluding ortho intramolecular Hbond substituents is 1. The predicted molar refractivity (Wildman–Crippen MR) is 81.5 cm³/mol. The number of rotatable bonds is 4. The number of carbonyl (C=O) groups is 2. The monoisotopic (exact) mass is 317 g/mol. The van der Waals surface area contributed by atoms with Crippen LogP contribution >= 0.6 is 0 Å². The van der Waals surface area contributed by atoms with E-state index in [1.54, 1.807) is 12.1 Å². The van der Waals surface area contributed by atoms with Gasteiger partial charge in [0.15, 0.2) is 0 Å². The lowest BCUT2D eigenvalue weighted by atomic mass is 9.83. The first kappa shape index (κ1) is 16.6. The van der Waals surface area contributed by atoms with E-state index in [1.807, 2.05) is 6.07 Å². The van der Waals surface area contributed by atoms with Crippen LogP contribution in [-0.4, -0.2) is 28.3 Å². The van der Waals surface area contributed by atoms with Crippen LogP contribution in [0.1, 0.15) is 37.3 Å². The molecule has 0 saturated heterocycles. The van der Waals surface area contributed by atoms with Gasteiger partial charge in [0.2, 0.25) is 5.91 Å². The van der Waals surface area contributed by atoms with E-state index in [-0.39, 0.29) is 11.7 Å². The van der Waals surface area contributed by atoms with Crippen molar-refractivity contribution < 1.29 is 19.8 Å². The van der Waals surface area contributed by atoms with Crippen LogP contribution in [0.3, 0.4) is 0 Å². The van der Waals surface area contributed by atoms with Gasteiger partial charge in [-0.25, -0.2) is 4.79 Å². The molecule has 2 rings (SSSR count). The average molecular weight is 317 g/mol. The van der Waals surface area contributed by atoms with E-state index in [0.29, 0.717) is 18.4 Å². The highest BCUT2D eigenvalue weighted by Crippen LogP contribution is 2.26. The van der Waals surface area contributed by atoms with Crippen LogP contribution in [-0.2, 0) is 4.79 Å². The van der Waals surface area contributed by atoms with Crippen LogP contribution < -0.4 is 10.6 Å². The Balaban J connectivity index is 2.09. The summed E-state index contributed by atoms with van der Waals surface area (Å²) >= 11 is 0. The molecule has 1 fully saturated rings. The van der Waals surface area contributed by atoms with Crippen LogP contribution in [0.2, 0.25) is 0 Å². The molecule has 2 amide bonds. The quantitative estimate of drug-likeness (QED) is 0.675. The minimum Gasteiger partial charge on any atom is -0.508 e. The minimum absolute atomic E-state index is 0.0140. The van der Waals surface area contributed by atoms with Gasteiger partial charge in [0.1, 0.15) is 11.8 Å². The number of benzene rings is 1. The number of amides is 2. The van der Waals surface area contributed by atoms with E-state index in [1.165, 1.54) is 12.1 Å². The Hall–Kier alpha value is -2.75. The molecule has 0 aliphatic heterocycles. The summed E-state index contributed by atoms with van der Waals surface area (Å²) in [5, 5.41) is 32.7. The Morgan fingerprint density at radius 1 is 1.30 bits per heavy atom. The second-order valence-corrected chi connectivity index (χ2v) is 5.61. The lowest BCUT2D eigenvalue weighted by molar-refractivity contribution is -0.127. The largest absolute Gasteiger partial charge is 0.508 e. The van der Waals surface area contributed by atoms with Gasteiger partial charge in [-0.05, 0) is 30.5 Å². The van der Waals surface area contributed by atoms with E-state index in [4.69, 9.17) is 5.11 Å². The van der Waals surface area contributed by atoms with Gasteiger partial charge in [-0.1, -0.05) is 25.0 Å². The number of phenols is 1. The third kappa shape index (κ3) is 4.36. The smallest absolute Gasteiger partial charge is 0.404 e. The summed E-state index contributed by atoms with van der Waals surface area (Å²) in [6, 6.07) is 6.80. The summed E-state index contributed by atoms with van der Waals surface area (Å²) in [6.07, 6.45) is 1.74. The van der Waals surface area contributed by atoms with Crippen molar-refractivity contribution in [1.29, 1.82) is 5.26 Å². The van der Waals surface area contributed by atoms with Gasteiger partial charge in [0, 0.05) is 6.04 Å². The molecule has 0 aromatic heterocycles. The SMILES string of the molecule is N#CC(NC(=O)[C@H]1CCCC[C@H]1NC(=O)O)c1cccc(O)c1. The molecule has 1 aliphatic carbocycles. The van der Waals surface area contributed by atoms with Crippen molar-refractivity contribution in [1.82, 2.24) is 10.6 Å². The van der Waals surface area contributed by atoms with Gasteiger partial charge < -0.3 is 20.8 Å². The van der Waals surface area contributed by atoms with E-state index in [0.717, 1.165) is 12.8 Å². The van der Waals surface area contributed by atoms with Gasteiger partial charge in [-0.15, -0.1) is 0 Å².